The number of fused-ring (bicyclic) bond motifs is 2. The number of aromatic nitrogens is 3. The number of H-pyrrole nitrogens is 1. The summed E-state index contributed by atoms with van der Waals surface area (Å²) in [5.41, 5.74) is 2.20. The molecule has 4 aromatic rings. The molecule has 0 saturated heterocycles. The molecule has 162 valence electrons. The lowest BCUT2D eigenvalue weighted by atomic mass is 9.93. The SMILES string of the molecule is C[C@H]1Oc2ccc(F)c(F)c2C(NC(=O)c2ccc(-c3ccnc4[nH]ccc34)nc2)[C@@H]1O. The standard InChI is InChI=1S/C23H18F2N4O3/c1-11-21(30)20(18-17(32-11)5-3-15(24)19(18)25)29-23(31)12-2-4-16(28-10-12)13-6-8-26-22-14(13)7-9-27-22/h2-11,20-21,30H,1H3,(H,26,27)(H,29,31)/t11-,20?,21-/m1/s1. The molecule has 9 heteroatoms. The predicted octanol–water partition coefficient (Wildman–Crippen LogP) is 3.52. The largest absolute Gasteiger partial charge is 0.487 e. The second kappa shape index (κ2) is 7.69. The Morgan fingerprint density at radius 3 is 2.78 bits per heavy atom. The molecular formula is C23H18F2N4O3. The van der Waals surface area contributed by atoms with Gasteiger partial charge in [0.05, 0.1) is 22.9 Å². The van der Waals surface area contributed by atoms with E-state index in [1.54, 1.807) is 31.5 Å². The summed E-state index contributed by atoms with van der Waals surface area (Å²) in [6, 6.07) is 8.02. The molecule has 3 atom stereocenters. The molecule has 0 bridgehead atoms. The van der Waals surface area contributed by atoms with Gasteiger partial charge in [-0.05, 0) is 43.3 Å². The lowest BCUT2D eigenvalue weighted by Crippen LogP contribution is -2.47. The number of nitrogens with one attached hydrogen (secondary N) is 2. The third-order valence-electron chi connectivity index (χ3n) is 5.59. The molecule has 0 saturated carbocycles. The summed E-state index contributed by atoms with van der Waals surface area (Å²) in [6.07, 6.45) is 2.84. The van der Waals surface area contributed by atoms with Crippen molar-refractivity contribution in [3.05, 3.63) is 77.8 Å². The highest BCUT2D eigenvalue weighted by atomic mass is 19.2. The number of carbonyl (C=O) groups is 1. The van der Waals surface area contributed by atoms with Crippen LogP contribution in [-0.2, 0) is 0 Å². The Balaban J connectivity index is 1.43. The topological polar surface area (TPSA) is 100 Å². The number of rotatable bonds is 3. The van der Waals surface area contributed by atoms with Crippen LogP contribution in [0.25, 0.3) is 22.3 Å². The van der Waals surface area contributed by atoms with Gasteiger partial charge in [-0.25, -0.2) is 13.8 Å². The molecule has 3 aromatic heterocycles. The summed E-state index contributed by atoms with van der Waals surface area (Å²) in [5, 5.41) is 14.0. The number of aliphatic hydroxyl groups is 1. The van der Waals surface area contributed by atoms with Crippen LogP contribution in [0.2, 0.25) is 0 Å². The van der Waals surface area contributed by atoms with Crippen molar-refractivity contribution in [3.8, 4) is 17.0 Å². The van der Waals surface area contributed by atoms with Gasteiger partial charge in [0, 0.05) is 29.5 Å². The van der Waals surface area contributed by atoms with Crippen molar-refractivity contribution in [2.24, 2.45) is 0 Å². The molecule has 0 spiro atoms. The number of ether oxygens (including phenoxy) is 1. The van der Waals surface area contributed by atoms with Crippen LogP contribution in [0.5, 0.6) is 5.75 Å². The molecule has 3 N–H and O–H groups in total. The highest BCUT2D eigenvalue weighted by molar-refractivity contribution is 5.95. The molecule has 0 aliphatic carbocycles. The normalized spacial score (nSPS) is 19.9. The van der Waals surface area contributed by atoms with E-state index in [2.05, 4.69) is 20.3 Å². The zero-order valence-electron chi connectivity index (χ0n) is 16.8. The molecule has 4 heterocycles. The number of hydrogen-bond acceptors (Lipinski definition) is 5. The van der Waals surface area contributed by atoms with Crippen molar-refractivity contribution in [3.63, 3.8) is 0 Å². The summed E-state index contributed by atoms with van der Waals surface area (Å²) in [7, 11) is 0. The highest BCUT2D eigenvalue weighted by Gasteiger charge is 2.39. The average molecular weight is 436 g/mol. The van der Waals surface area contributed by atoms with E-state index < -0.39 is 35.8 Å². The van der Waals surface area contributed by atoms with Crippen LogP contribution in [0.4, 0.5) is 8.78 Å². The minimum absolute atomic E-state index is 0.0775. The van der Waals surface area contributed by atoms with Crippen molar-refractivity contribution in [2.75, 3.05) is 0 Å². The van der Waals surface area contributed by atoms with E-state index in [4.69, 9.17) is 4.74 Å². The van der Waals surface area contributed by atoms with Gasteiger partial charge in [0.2, 0.25) is 0 Å². The fourth-order valence-corrected chi connectivity index (χ4v) is 3.91. The van der Waals surface area contributed by atoms with Gasteiger partial charge in [0.25, 0.3) is 5.91 Å². The number of carbonyl (C=O) groups excluding carboxylic acids is 1. The van der Waals surface area contributed by atoms with Crippen LogP contribution in [0, 0.1) is 11.6 Å². The molecule has 1 aliphatic rings. The first kappa shape index (κ1) is 20.1. The number of benzene rings is 1. The highest BCUT2D eigenvalue weighted by Crippen LogP contribution is 2.38. The van der Waals surface area contributed by atoms with Crippen LogP contribution in [-0.4, -0.2) is 38.2 Å². The first-order chi connectivity index (χ1) is 15.4. The van der Waals surface area contributed by atoms with Crippen molar-refractivity contribution in [1.82, 2.24) is 20.3 Å². The molecule has 32 heavy (non-hydrogen) atoms. The smallest absolute Gasteiger partial charge is 0.253 e. The Bertz CT molecular complexity index is 1320. The van der Waals surface area contributed by atoms with Crippen LogP contribution in [0.3, 0.4) is 0 Å². The van der Waals surface area contributed by atoms with Crippen LogP contribution < -0.4 is 10.1 Å². The fraction of sp³-hybridized carbons (Fsp3) is 0.174. The molecule has 0 radical (unpaired) electrons. The molecule has 5 rings (SSSR count). The summed E-state index contributed by atoms with van der Waals surface area (Å²) in [4.78, 5) is 24.5. The van der Waals surface area contributed by atoms with E-state index in [1.807, 2.05) is 12.1 Å². The minimum Gasteiger partial charge on any atom is -0.487 e. The molecule has 1 unspecified atom stereocenters. The van der Waals surface area contributed by atoms with E-state index in [9.17, 15) is 18.7 Å². The van der Waals surface area contributed by atoms with E-state index in [-0.39, 0.29) is 16.9 Å². The van der Waals surface area contributed by atoms with Crippen LogP contribution >= 0.6 is 0 Å². The van der Waals surface area contributed by atoms with Gasteiger partial charge < -0.3 is 20.1 Å². The van der Waals surface area contributed by atoms with E-state index in [0.29, 0.717) is 5.69 Å². The molecule has 1 aliphatic heterocycles. The van der Waals surface area contributed by atoms with Gasteiger partial charge in [-0.3, -0.25) is 9.78 Å². The summed E-state index contributed by atoms with van der Waals surface area (Å²) < 4.78 is 33.8. The zero-order valence-corrected chi connectivity index (χ0v) is 16.8. The maximum atomic E-state index is 14.5. The monoisotopic (exact) mass is 436 g/mol. The molecular weight excluding hydrogens is 418 g/mol. The number of aliphatic hydroxyl groups excluding tert-OH is 1. The number of hydrogen-bond donors (Lipinski definition) is 3. The summed E-state index contributed by atoms with van der Waals surface area (Å²) in [5.74, 6) is -2.76. The van der Waals surface area contributed by atoms with Gasteiger partial charge in [-0.1, -0.05) is 0 Å². The van der Waals surface area contributed by atoms with Crippen molar-refractivity contribution >= 4 is 16.9 Å². The van der Waals surface area contributed by atoms with Crippen LogP contribution in [0.1, 0.15) is 28.9 Å². The van der Waals surface area contributed by atoms with E-state index in [0.717, 1.165) is 22.7 Å². The Hall–Kier alpha value is -3.85. The fourth-order valence-electron chi connectivity index (χ4n) is 3.91. The second-order valence-electron chi connectivity index (χ2n) is 7.57. The Kier molecular flexibility index (Phi) is 4.82. The predicted molar refractivity (Wildman–Crippen MR) is 112 cm³/mol. The van der Waals surface area contributed by atoms with Crippen molar-refractivity contribution < 1.29 is 23.4 Å². The minimum atomic E-state index is -1.27. The number of amides is 1. The maximum absolute atomic E-state index is 14.5. The number of pyridine rings is 2. The Morgan fingerprint density at radius 2 is 2.00 bits per heavy atom. The third kappa shape index (κ3) is 3.27. The van der Waals surface area contributed by atoms with E-state index in [1.165, 1.54) is 12.3 Å². The van der Waals surface area contributed by atoms with E-state index >= 15 is 0 Å². The first-order valence-electron chi connectivity index (χ1n) is 9.96. The Labute approximate surface area is 181 Å². The lowest BCUT2D eigenvalue weighted by molar-refractivity contribution is 0.00133. The van der Waals surface area contributed by atoms with Gasteiger partial charge in [0.1, 0.15) is 23.6 Å². The number of aromatic amines is 1. The summed E-state index contributed by atoms with van der Waals surface area (Å²) >= 11 is 0. The lowest BCUT2D eigenvalue weighted by Gasteiger charge is -2.35. The molecule has 7 nitrogen and oxygen atoms in total. The van der Waals surface area contributed by atoms with Crippen LogP contribution in [0.15, 0.2) is 55.0 Å². The van der Waals surface area contributed by atoms with Gasteiger partial charge in [-0.2, -0.15) is 0 Å². The number of halogens is 2. The Morgan fingerprint density at radius 1 is 1.16 bits per heavy atom. The van der Waals surface area contributed by atoms with Crippen molar-refractivity contribution in [1.29, 1.82) is 0 Å². The average Bonchev–Trinajstić information content (AvgIpc) is 3.28. The second-order valence-corrected chi connectivity index (χ2v) is 7.57. The molecule has 1 aromatic carbocycles. The molecule has 0 fully saturated rings. The third-order valence-corrected chi connectivity index (χ3v) is 5.59. The zero-order chi connectivity index (χ0) is 22.4. The number of nitrogens with zero attached hydrogens (tertiary/aromatic N) is 2. The summed E-state index contributed by atoms with van der Waals surface area (Å²) in [6.45, 7) is 1.58. The van der Waals surface area contributed by atoms with Gasteiger partial charge in [0.15, 0.2) is 11.6 Å². The van der Waals surface area contributed by atoms with Crippen molar-refractivity contribution in [2.45, 2.75) is 25.2 Å². The molecule has 1 amide bonds. The van der Waals surface area contributed by atoms with Gasteiger partial charge >= 0.3 is 0 Å². The quantitative estimate of drug-likeness (QED) is 0.456. The van der Waals surface area contributed by atoms with Gasteiger partial charge in [-0.15, -0.1) is 0 Å². The first-order valence-corrected chi connectivity index (χ1v) is 9.96. The maximum Gasteiger partial charge on any atom is 0.253 e.